The van der Waals surface area contributed by atoms with Crippen molar-refractivity contribution in [3.8, 4) is 0 Å². The third-order valence-corrected chi connectivity index (χ3v) is 5.42. The highest BCUT2D eigenvalue weighted by atomic mass is 35.5. The number of hydrogen-bond donors (Lipinski definition) is 1. The van der Waals surface area contributed by atoms with Crippen LogP contribution in [0.5, 0.6) is 0 Å². The third kappa shape index (κ3) is 3.44. The van der Waals surface area contributed by atoms with E-state index in [0.29, 0.717) is 12.2 Å². The van der Waals surface area contributed by atoms with Crippen LogP contribution in [0.15, 0.2) is 36.4 Å². The molecule has 1 atom stereocenters. The SMILES string of the molecule is Cc1ccc(N2CC(C(=O)N3CCCc4c(N)cccc43)CC2=O)c(F)c1.Cl. The standard InChI is InChI=1S/C21H22FN3O2.ClH/c1-13-7-8-19(16(22)10-13)25-12-14(11-20(25)26)21(27)24-9-3-4-15-17(23)5-2-6-18(15)24;/h2,5-8,10,14H,3-4,9,11-12,23H2,1H3;1H. The van der Waals surface area contributed by atoms with E-state index in [1.165, 1.54) is 11.0 Å². The Kier molecular flexibility index (Phi) is 5.61. The highest BCUT2D eigenvalue weighted by Crippen LogP contribution is 2.34. The van der Waals surface area contributed by atoms with E-state index in [0.717, 1.165) is 29.7 Å². The zero-order valence-electron chi connectivity index (χ0n) is 15.7. The van der Waals surface area contributed by atoms with E-state index >= 15 is 0 Å². The summed E-state index contributed by atoms with van der Waals surface area (Å²) in [5.74, 6) is -1.23. The molecular weight excluding hydrogens is 381 g/mol. The summed E-state index contributed by atoms with van der Waals surface area (Å²) in [5, 5.41) is 0. The molecule has 0 bridgehead atoms. The molecule has 2 aliphatic heterocycles. The van der Waals surface area contributed by atoms with Crippen molar-refractivity contribution in [3.05, 3.63) is 53.3 Å². The minimum Gasteiger partial charge on any atom is -0.398 e. The Morgan fingerprint density at radius 3 is 2.75 bits per heavy atom. The van der Waals surface area contributed by atoms with Gasteiger partial charge in [0.2, 0.25) is 11.8 Å². The maximum absolute atomic E-state index is 14.3. The number of aryl methyl sites for hydroxylation is 1. The van der Waals surface area contributed by atoms with Crippen LogP contribution in [0.25, 0.3) is 0 Å². The van der Waals surface area contributed by atoms with Crippen molar-refractivity contribution < 1.29 is 14.0 Å². The molecule has 1 saturated heterocycles. The number of rotatable bonds is 2. The molecule has 1 unspecified atom stereocenters. The van der Waals surface area contributed by atoms with Crippen molar-refractivity contribution in [2.45, 2.75) is 26.2 Å². The van der Waals surface area contributed by atoms with Crippen molar-refractivity contribution in [3.63, 3.8) is 0 Å². The Labute approximate surface area is 169 Å². The Morgan fingerprint density at radius 1 is 1.21 bits per heavy atom. The number of nitrogen functional groups attached to an aromatic ring is 1. The number of hydrogen-bond acceptors (Lipinski definition) is 3. The molecule has 2 N–H and O–H groups in total. The molecule has 0 aliphatic carbocycles. The van der Waals surface area contributed by atoms with Gasteiger partial charge in [0, 0.05) is 30.9 Å². The van der Waals surface area contributed by atoms with Crippen molar-refractivity contribution in [1.29, 1.82) is 0 Å². The molecule has 7 heteroatoms. The van der Waals surface area contributed by atoms with Crippen LogP contribution in [-0.4, -0.2) is 24.9 Å². The molecule has 0 saturated carbocycles. The largest absolute Gasteiger partial charge is 0.398 e. The normalized spacial score (nSPS) is 18.6. The highest BCUT2D eigenvalue weighted by Gasteiger charge is 2.39. The third-order valence-electron chi connectivity index (χ3n) is 5.42. The first-order chi connectivity index (χ1) is 13.0. The molecule has 2 heterocycles. The smallest absolute Gasteiger partial charge is 0.232 e. The van der Waals surface area contributed by atoms with E-state index < -0.39 is 11.7 Å². The van der Waals surface area contributed by atoms with Gasteiger partial charge in [0.05, 0.1) is 11.6 Å². The second-order valence-electron chi connectivity index (χ2n) is 7.30. The fourth-order valence-electron chi connectivity index (χ4n) is 4.04. The van der Waals surface area contributed by atoms with Crippen LogP contribution in [0.4, 0.5) is 21.5 Å². The molecule has 2 aromatic rings. The van der Waals surface area contributed by atoms with E-state index in [1.807, 2.05) is 18.2 Å². The number of fused-ring (bicyclic) bond motifs is 1. The summed E-state index contributed by atoms with van der Waals surface area (Å²) in [7, 11) is 0. The van der Waals surface area contributed by atoms with Gasteiger partial charge >= 0.3 is 0 Å². The second kappa shape index (κ2) is 7.80. The lowest BCUT2D eigenvalue weighted by molar-refractivity contribution is -0.124. The lowest BCUT2D eigenvalue weighted by Crippen LogP contribution is -2.40. The number of anilines is 3. The van der Waals surface area contributed by atoms with Crippen LogP contribution in [0.2, 0.25) is 0 Å². The molecule has 2 amide bonds. The first kappa shape index (κ1) is 20.1. The van der Waals surface area contributed by atoms with E-state index in [1.54, 1.807) is 24.0 Å². The molecule has 2 aliphatic rings. The second-order valence-corrected chi connectivity index (χ2v) is 7.30. The minimum absolute atomic E-state index is 0. The summed E-state index contributed by atoms with van der Waals surface area (Å²) in [6.07, 6.45) is 1.78. The quantitative estimate of drug-likeness (QED) is 0.781. The van der Waals surface area contributed by atoms with E-state index in [-0.39, 0.29) is 42.9 Å². The van der Waals surface area contributed by atoms with Crippen LogP contribution in [0, 0.1) is 18.7 Å². The first-order valence-electron chi connectivity index (χ1n) is 9.21. The molecule has 5 nitrogen and oxygen atoms in total. The lowest BCUT2D eigenvalue weighted by Gasteiger charge is -2.32. The zero-order chi connectivity index (χ0) is 19.1. The van der Waals surface area contributed by atoms with E-state index in [9.17, 15) is 14.0 Å². The molecular formula is C21H23ClFN3O2. The Hall–Kier alpha value is -2.60. The van der Waals surface area contributed by atoms with Gasteiger partial charge < -0.3 is 15.5 Å². The molecule has 0 aromatic heterocycles. The summed E-state index contributed by atoms with van der Waals surface area (Å²) < 4.78 is 14.3. The average molecular weight is 404 g/mol. The minimum atomic E-state index is -0.481. The number of carbonyl (C=O) groups excluding carboxylic acids is 2. The van der Waals surface area contributed by atoms with Crippen molar-refractivity contribution in [2.75, 3.05) is 28.6 Å². The number of halogens is 2. The lowest BCUT2D eigenvalue weighted by atomic mass is 9.97. The monoisotopic (exact) mass is 403 g/mol. The molecule has 0 radical (unpaired) electrons. The van der Waals surface area contributed by atoms with Gasteiger partial charge in [-0.25, -0.2) is 4.39 Å². The number of benzene rings is 2. The molecule has 4 rings (SSSR count). The number of nitrogens with zero attached hydrogens (tertiary/aromatic N) is 2. The van der Waals surface area contributed by atoms with E-state index in [4.69, 9.17) is 5.73 Å². The number of nitrogens with two attached hydrogens (primary N) is 1. The van der Waals surface area contributed by atoms with Gasteiger partial charge in [-0.1, -0.05) is 12.1 Å². The summed E-state index contributed by atoms with van der Waals surface area (Å²) in [6.45, 7) is 2.61. The van der Waals surface area contributed by atoms with Gasteiger partial charge in [0.25, 0.3) is 0 Å². The zero-order valence-corrected chi connectivity index (χ0v) is 16.5. The van der Waals surface area contributed by atoms with Crippen LogP contribution in [-0.2, 0) is 16.0 Å². The fourth-order valence-corrected chi connectivity index (χ4v) is 4.04. The van der Waals surface area contributed by atoms with Crippen molar-refractivity contribution in [2.24, 2.45) is 5.92 Å². The van der Waals surface area contributed by atoms with Gasteiger partial charge in [-0.2, -0.15) is 0 Å². The predicted molar refractivity (Wildman–Crippen MR) is 110 cm³/mol. The molecule has 2 aromatic carbocycles. The van der Waals surface area contributed by atoms with Crippen LogP contribution >= 0.6 is 12.4 Å². The molecule has 0 spiro atoms. The topological polar surface area (TPSA) is 66.6 Å². The van der Waals surface area contributed by atoms with Gasteiger partial charge in [-0.3, -0.25) is 9.59 Å². The summed E-state index contributed by atoms with van der Waals surface area (Å²) in [6, 6.07) is 10.4. The fraction of sp³-hybridized carbons (Fsp3) is 0.333. The Morgan fingerprint density at radius 2 is 2.00 bits per heavy atom. The van der Waals surface area contributed by atoms with Gasteiger partial charge in [0.1, 0.15) is 5.82 Å². The maximum Gasteiger partial charge on any atom is 0.232 e. The summed E-state index contributed by atoms with van der Waals surface area (Å²) >= 11 is 0. The van der Waals surface area contributed by atoms with Crippen LogP contribution in [0.1, 0.15) is 24.0 Å². The summed E-state index contributed by atoms with van der Waals surface area (Å²) in [5.41, 5.74) is 9.61. The maximum atomic E-state index is 14.3. The number of carbonyl (C=O) groups is 2. The van der Waals surface area contributed by atoms with Crippen LogP contribution in [0.3, 0.4) is 0 Å². The highest BCUT2D eigenvalue weighted by molar-refractivity contribution is 6.05. The Bertz CT molecular complexity index is 934. The molecule has 148 valence electrons. The van der Waals surface area contributed by atoms with Crippen LogP contribution < -0.4 is 15.5 Å². The average Bonchev–Trinajstić information content (AvgIpc) is 3.03. The van der Waals surface area contributed by atoms with Crippen molar-refractivity contribution in [1.82, 2.24) is 0 Å². The first-order valence-corrected chi connectivity index (χ1v) is 9.21. The van der Waals surface area contributed by atoms with Gasteiger partial charge in [-0.15, -0.1) is 12.4 Å². The van der Waals surface area contributed by atoms with Gasteiger partial charge in [-0.05, 0) is 55.2 Å². The molecule has 28 heavy (non-hydrogen) atoms. The van der Waals surface area contributed by atoms with Gasteiger partial charge in [0.15, 0.2) is 0 Å². The van der Waals surface area contributed by atoms with Crippen molar-refractivity contribution >= 4 is 41.3 Å². The summed E-state index contributed by atoms with van der Waals surface area (Å²) in [4.78, 5) is 28.8. The number of amides is 2. The predicted octanol–water partition coefficient (Wildman–Crippen LogP) is 3.47. The molecule has 1 fully saturated rings. The van der Waals surface area contributed by atoms with E-state index in [2.05, 4.69) is 0 Å². The Balaban J connectivity index is 0.00000225.